The predicted molar refractivity (Wildman–Crippen MR) is 150 cm³/mol. The lowest BCUT2D eigenvalue weighted by Crippen LogP contribution is -2.48. The number of rotatable bonds is 12. The van der Waals surface area contributed by atoms with Crippen LogP contribution in [-0.4, -0.2) is 49.2 Å². The molecule has 4 rings (SSSR count). The molecule has 0 aliphatic rings. The first-order chi connectivity index (χ1) is 19.3. The number of carbonyl (C=O) groups excluding carboxylic acids is 3. The van der Waals surface area contributed by atoms with E-state index in [9.17, 15) is 14.4 Å². The molecule has 1 heterocycles. The number of carbonyl (C=O) groups is 3. The number of ether oxygens (including phenoxy) is 1. The second-order valence-corrected chi connectivity index (χ2v) is 9.98. The van der Waals surface area contributed by atoms with Gasteiger partial charge in [0.05, 0.1) is 0 Å². The monoisotopic (exact) mass is 539 g/mol. The van der Waals surface area contributed by atoms with Crippen molar-refractivity contribution in [1.29, 1.82) is 0 Å². The van der Waals surface area contributed by atoms with Crippen molar-refractivity contribution >= 4 is 17.7 Å². The molecule has 1 N–H and O–H groups in total. The van der Waals surface area contributed by atoms with Gasteiger partial charge in [-0.3, -0.25) is 4.79 Å². The molecule has 1 atom stereocenters. The van der Waals surface area contributed by atoms with Crippen LogP contribution in [-0.2, 0) is 32.3 Å². The lowest BCUT2D eigenvalue weighted by atomic mass is 9.97. The minimum absolute atomic E-state index is 0.0285. The largest absolute Gasteiger partial charge is 0.459 e. The van der Waals surface area contributed by atoms with Crippen molar-refractivity contribution in [1.82, 2.24) is 25.5 Å². The molecule has 0 fully saturated rings. The van der Waals surface area contributed by atoms with Gasteiger partial charge in [0, 0.05) is 24.9 Å². The van der Waals surface area contributed by atoms with Gasteiger partial charge in [-0.1, -0.05) is 92.7 Å². The normalized spacial score (nSPS) is 11.7. The van der Waals surface area contributed by atoms with E-state index in [4.69, 9.17) is 4.74 Å². The van der Waals surface area contributed by atoms with Crippen LogP contribution < -0.4 is 0 Å². The summed E-state index contributed by atoms with van der Waals surface area (Å²) in [5, 5.41) is 14.4. The minimum Gasteiger partial charge on any atom is -0.459 e. The van der Waals surface area contributed by atoms with Crippen molar-refractivity contribution < 1.29 is 19.1 Å². The highest BCUT2D eigenvalue weighted by atomic mass is 16.5. The fourth-order valence-corrected chi connectivity index (χ4v) is 4.53. The van der Waals surface area contributed by atoms with E-state index in [0.717, 1.165) is 27.8 Å². The second kappa shape index (κ2) is 13.4. The number of tetrazole rings is 1. The lowest BCUT2D eigenvalue weighted by Gasteiger charge is -2.33. The molecular formula is C31H33N5O4. The third kappa shape index (κ3) is 7.25. The summed E-state index contributed by atoms with van der Waals surface area (Å²) < 4.78 is 5.65. The molecular weight excluding hydrogens is 506 g/mol. The number of nitrogens with zero attached hydrogens (tertiary/aromatic N) is 4. The van der Waals surface area contributed by atoms with Gasteiger partial charge in [0.2, 0.25) is 11.7 Å². The summed E-state index contributed by atoms with van der Waals surface area (Å²) >= 11 is 0. The fourth-order valence-electron chi connectivity index (χ4n) is 4.53. The van der Waals surface area contributed by atoms with Crippen LogP contribution in [0.1, 0.15) is 44.7 Å². The van der Waals surface area contributed by atoms with E-state index in [-0.39, 0.29) is 43.6 Å². The standard InChI is InChI=1S/C31H33N5O4/c1-21(2)29(31(39)40-20-24-9-5-4-6-10-24)36(28(38)18-13-22(3)37)19-23-14-16-25(17-15-23)26-11-7-8-12-27(26)30-32-34-35-33-30/h4-12,14-17,21,29H,13,18-20H2,1-3H3,(H,32,33,34,35)/t29-/m1/s1. The van der Waals surface area contributed by atoms with E-state index < -0.39 is 12.0 Å². The first-order valence-corrected chi connectivity index (χ1v) is 13.2. The molecule has 1 amide bonds. The van der Waals surface area contributed by atoms with Crippen molar-refractivity contribution in [2.24, 2.45) is 5.92 Å². The quantitative estimate of drug-likeness (QED) is 0.252. The summed E-state index contributed by atoms with van der Waals surface area (Å²) in [5.74, 6) is -0.523. The Bertz CT molecular complexity index is 1420. The molecule has 9 heteroatoms. The van der Waals surface area contributed by atoms with Crippen molar-refractivity contribution in [2.45, 2.75) is 52.8 Å². The van der Waals surface area contributed by atoms with Gasteiger partial charge in [0.25, 0.3) is 0 Å². The Morgan fingerprint density at radius 1 is 0.850 bits per heavy atom. The summed E-state index contributed by atoms with van der Waals surface area (Å²) in [6.45, 7) is 5.55. The Kier molecular flexibility index (Phi) is 9.51. The van der Waals surface area contributed by atoms with E-state index in [1.54, 1.807) is 4.90 Å². The third-order valence-corrected chi connectivity index (χ3v) is 6.58. The summed E-state index contributed by atoms with van der Waals surface area (Å²) in [6.07, 6.45) is 0.145. The molecule has 0 saturated heterocycles. The van der Waals surface area contributed by atoms with E-state index in [1.807, 2.05) is 92.7 Å². The SMILES string of the molecule is CC(=O)CCC(=O)N(Cc1ccc(-c2ccccc2-c2nn[nH]n2)cc1)[C@@H](C(=O)OCc1ccccc1)C(C)C. The van der Waals surface area contributed by atoms with Crippen LogP contribution in [0.25, 0.3) is 22.5 Å². The number of esters is 1. The van der Waals surface area contributed by atoms with Crippen LogP contribution in [0.5, 0.6) is 0 Å². The molecule has 0 aliphatic carbocycles. The highest BCUT2D eigenvalue weighted by Gasteiger charge is 2.34. The Hall–Kier alpha value is -4.66. The van der Waals surface area contributed by atoms with E-state index in [1.165, 1.54) is 6.92 Å². The lowest BCUT2D eigenvalue weighted by molar-refractivity contribution is -0.159. The molecule has 0 bridgehead atoms. The topological polar surface area (TPSA) is 118 Å². The van der Waals surface area contributed by atoms with Crippen LogP contribution in [0, 0.1) is 5.92 Å². The summed E-state index contributed by atoms with van der Waals surface area (Å²) in [6, 6.07) is 24.2. The summed E-state index contributed by atoms with van der Waals surface area (Å²) in [4.78, 5) is 39.9. The van der Waals surface area contributed by atoms with Crippen molar-refractivity contribution in [2.75, 3.05) is 0 Å². The first kappa shape index (κ1) is 28.4. The van der Waals surface area contributed by atoms with Gasteiger partial charge in [0.1, 0.15) is 18.4 Å². The van der Waals surface area contributed by atoms with Crippen molar-refractivity contribution in [3.63, 3.8) is 0 Å². The third-order valence-electron chi connectivity index (χ3n) is 6.58. The number of aromatic amines is 1. The molecule has 40 heavy (non-hydrogen) atoms. The first-order valence-electron chi connectivity index (χ1n) is 13.2. The van der Waals surface area contributed by atoms with Crippen molar-refractivity contribution in [3.8, 4) is 22.5 Å². The molecule has 206 valence electrons. The zero-order chi connectivity index (χ0) is 28.5. The van der Waals surface area contributed by atoms with Gasteiger partial charge in [-0.25, -0.2) is 4.79 Å². The molecule has 0 spiro atoms. The highest BCUT2D eigenvalue weighted by molar-refractivity contribution is 5.87. The molecule has 4 aromatic rings. The van der Waals surface area contributed by atoms with Gasteiger partial charge in [-0.15, -0.1) is 10.2 Å². The number of benzene rings is 3. The smallest absolute Gasteiger partial charge is 0.329 e. The average molecular weight is 540 g/mol. The Labute approximate surface area is 233 Å². The molecule has 0 unspecified atom stereocenters. The summed E-state index contributed by atoms with van der Waals surface area (Å²) in [5.41, 5.74) is 4.43. The molecule has 3 aromatic carbocycles. The van der Waals surface area contributed by atoms with Crippen molar-refractivity contribution in [3.05, 3.63) is 90.0 Å². The van der Waals surface area contributed by atoms with Gasteiger partial charge in [-0.05, 0) is 40.3 Å². The van der Waals surface area contributed by atoms with Crippen LogP contribution in [0.2, 0.25) is 0 Å². The van der Waals surface area contributed by atoms with Gasteiger partial charge in [-0.2, -0.15) is 5.21 Å². The molecule has 0 saturated carbocycles. The number of hydrogen-bond donors (Lipinski definition) is 1. The van der Waals surface area contributed by atoms with Gasteiger partial charge < -0.3 is 14.4 Å². The van der Waals surface area contributed by atoms with Crippen LogP contribution in [0.15, 0.2) is 78.9 Å². The zero-order valence-electron chi connectivity index (χ0n) is 22.9. The average Bonchev–Trinajstić information content (AvgIpc) is 3.50. The molecule has 1 aromatic heterocycles. The molecule has 9 nitrogen and oxygen atoms in total. The highest BCUT2D eigenvalue weighted by Crippen LogP contribution is 2.30. The maximum atomic E-state index is 13.4. The number of Topliss-reactive ketones (excluding diaryl/α,β-unsaturated/α-hetero) is 1. The Morgan fingerprint density at radius 2 is 1.52 bits per heavy atom. The van der Waals surface area contributed by atoms with Gasteiger partial charge >= 0.3 is 5.97 Å². The minimum atomic E-state index is -0.804. The fraction of sp³-hybridized carbons (Fsp3) is 0.290. The Morgan fingerprint density at radius 3 is 2.15 bits per heavy atom. The molecule has 0 aliphatic heterocycles. The number of aromatic nitrogens is 4. The van der Waals surface area contributed by atoms with E-state index >= 15 is 0 Å². The second-order valence-electron chi connectivity index (χ2n) is 9.98. The number of hydrogen-bond acceptors (Lipinski definition) is 7. The van der Waals surface area contributed by atoms with E-state index in [0.29, 0.717) is 5.82 Å². The van der Waals surface area contributed by atoms with Crippen LogP contribution >= 0.6 is 0 Å². The Balaban J connectivity index is 1.57. The molecule has 0 radical (unpaired) electrons. The van der Waals surface area contributed by atoms with Crippen LogP contribution in [0.4, 0.5) is 0 Å². The maximum Gasteiger partial charge on any atom is 0.329 e. The number of amides is 1. The number of nitrogens with one attached hydrogen (secondary N) is 1. The van der Waals surface area contributed by atoms with E-state index in [2.05, 4.69) is 20.6 Å². The van der Waals surface area contributed by atoms with Gasteiger partial charge in [0.15, 0.2) is 0 Å². The maximum absolute atomic E-state index is 13.4. The number of H-pyrrole nitrogens is 1. The summed E-state index contributed by atoms with van der Waals surface area (Å²) in [7, 11) is 0. The zero-order valence-corrected chi connectivity index (χ0v) is 22.9. The number of ketones is 1. The predicted octanol–water partition coefficient (Wildman–Crippen LogP) is 5.00. The van der Waals surface area contributed by atoms with Crippen LogP contribution in [0.3, 0.4) is 0 Å².